The Kier molecular flexibility index (Phi) is 4.06. The Morgan fingerprint density at radius 1 is 1.71 bits per heavy atom. The third-order valence-electron chi connectivity index (χ3n) is 1.19. The summed E-state index contributed by atoms with van der Waals surface area (Å²) >= 11 is 0. The van der Waals surface area contributed by atoms with Crippen LogP contribution in [0.25, 0.3) is 0 Å². The molecule has 0 spiro atoms. The number of halogens is 1. The Labute approximate surface area is 44.7 Å². The van der Waals surface area contributed by atoms with Gasteiger partial charge in [0, 0.05) is 0 Å². The van der Waals surface area contributed by atoms with E-state index in [-0.39, 0.29) is 0 Å². The van der Waals surface area contributed by atoms with E-state index in [1.807, 2.05) is 6.92 Å². The number of hydrogen-bond donors (Lipinski definition) is 0. The van der Waals surface area contributed by atoms with Gasteiger partial charge in [-0.25, -0.2) is 4.39 Å². The lowest BCUT2D eigenvalue weighted by Crippen LogP contribution is -1.88. The van der Waals surface area contributed by atoms with Crippen LogP contribution in [0.3, 0.4) is 0 Å². The van der Waals surface area contributed by atoms with Gasteiger partial charge in [-0.1, -0.05) is 20.3 Å². The molecule has 0 amide bonds. The highest BCUT2D eigenvalue weighted by molar-refractivity contribution is 4.54. The van der Waals surface area contributed by atoms with E-state index in [0.29, 0.717) is 12.3 Å². The Morgan fingerprint density at radius 3 is 2.43 bits per heavy atom. The fraction of sp³-hybridized carbons (Fsp3) is 0.833. The van der Waals surface area contributed by atoms with E-state index in [9.17, 15) is 4.39 Å². The fourth-order valence-electron chi connectivity index (χ4n) is 0.319. The normalized spacial score (nSPS) is 14.1. The third-order valence-corrected chi connectivity index (χ3v) is 1.19. The number of hydrogen-bond acceptors (Lipinski definition) is 0. The summed E-state index contributed by atoms with van der Waals surface area (Å²) < 4.78 is 11.3. The van der Waals surface area contributed by atoms with Crippen LogP contribution in [-0.4, -0.2) is 0 Å². The van der Waals surface area contributed by atoms with Crippen molar-refractivity contribution in [2.75, 3.05) is 0 Å². The monoisotopic (exact) mass is 103 g/mol. The van der Waals surface area contributed by atoms with Gasteiger partial charge in [0.15, 0.2) is 0 Å². The zero-order valence-corrected chi connectivity index (χ0v) is 4.95. The standard InChI is InChI=1S/C6H12F/c1-3-6(2)4-5-7/h5-6H,3-4H2,1-2H3. The van der Waals surface area contributed by atoms with Crippen molar-refractivity contribution in [2.24, 2.45) is 5.92 Å². The van der Waals surface area contributed by atoms with Crippen molar-refractivity contribution in [2.45, 2.75) is 26.7 Å². The van der Waals surface area contributed by atoms with Gasteiger partial charge in [0.2, 0.25) is 0 Å². The van der Waals surface area contributed by atoms with Gasteiger partial charge in [0.25, 0.3) is 0 Å². The SMILES string of the molecule is CCC(C)C[CH]F. The molecule has 0 saturated carbocycles. The van der Waals surface area contributed by atoms with Gasteiger partial charge in [0.05, 0.1) is 0 Å². The Balaban J connectivity index is 2.83. The largest absolute Gasteiger partial charge is 0.244 e. The fourth-order valence-corrected chi connectivity index (χ4v) is 0.319. The molecule has 7 heavy (non-hydrogen) atoms. The topological polar surface area (TPSA) is 0 Å². The van der Waals surface area contributed by atoms with Gasteiger partial charge in [-0.2, -0.15) is 0 Å². The van der Waals surface area contributed by atoms with E-state index >= 15 is 0 Å². The lowest BCUT2D eigenvalue weighted by Gasteiger charge is -2.00. The molecule has 0 bridgehead atoms. The van der Waals surface area contributed by atoms with E-state index in [1.54, 1.807) is 0 Å². The Bertz CT molecular complexity index is 35.2. The second kappa shape index (κ2) is 4.10. The summed E-state index contributed by atoms with van der Waals surface area (Å²) in [6.45, 7) is 4.83. The van der Waals surface area contributed by atoms with Crippen molar-refractivity contribution in [1.82, 2.24) is 0 Å². The molecule has 0 aromatic heterocycles. The summed E-state index contributed by atoms with van der Waals surface area (Å²) in [4.78, 5) is 0. The molecule has 0 aliphatic rings. The first-order valence-electron chi connectivity index (χ1n) is 2.73. The molecule has 0 saturated heterocycles. The van der Waals surface area contributed by atoms with Gasteiger partial charge >= 0.3 is 0 Å². The van der Waals surface area contributed by atoms with E-state index in [0.717, 1.165) is 13.1 Å². The summed E-state index contributed by atoms with van der Waals surface area (Å²) in [5.74, 6) is 0.519. The van der Waals surface area contributed by atoms with E-state index in [1.165, 1.54) is 0 Å². The average Bonchev–Trinajstić information content (AvgIpc) is 1.68. The Hall–Kier alpha value is -0.0700. The van der Waals surface area contributed by atoms with Gasteiger partial charge in [-0.05, 0) is 12.3 Å². The van der Waals surface area contributed by atoms with Crippen LogP contribution in [0.1, 0.15) is 26.7 Å². The molecule has 1 heteroatoms. The average molecular weight is 103 g/mol. The molecular weight excluding hydrogens is 91.1 g/mol. The van der Waals surface area contributed by atoms with Crippen LogP contribution in [0.15, 0.2) is 0 Å². The zero-order chi connectivity index (χ0) is 5.70. The minimum Gasteiger partial charge on any atom is -0.244 e. The molecule has 1 unspecified atom stereocenters. The minimum atomic E-state index is 0.519. The highest BCUT2D eigenvalue weighted by Gasteiger charge is 1.95. The van der Waals surface area contributed by atoms with Gasteiger partial charge in [-0.15, -0.1) is 0 Å². The summed E-state index contributed by atoms with van der Waals surface area (Å²) in [6.07, 6.45) is 1.68. The molecule has 0 heterocycles. The number of rotatable bonds is 3. The van der Waals surface area contributed by atoms with E-state index in [2.05, 4.69) is 6.92 Å². The van der Waals surface area contributed by atoms with Crippen molar-refractivity contribution in [1.29, 1.82) is 0 Å². The van der Waals surface area contributed by atoms with Gasteiger partial charge in [0.1, 0.15) is 6.67 Å². The minimum absolute atomic E-state index is 0.519. The molecule has 0 rings (SSSR count). The molecule has 0 aromatic rings. The first-order valence-corrected chi connectivity index (χ1v) is 2.73. The summed E-state index contributed by atoms with van der Waals surface area (Å²) in [7, 11) is 0. The first kappa shape index (κ1) is 6.93. The van der Waals surface area contributed by atoms with Crippen molar-refractivity contribution >= 4 is 0 Å². The zero-order valence-electron chi connectivity index (χ0n) is 4.95. The van der Waals surface area contributed by atoms with Crippen molar-refractivity contribution in [3.05, 3.63) is 6.67 Å². The van der Waals surface area contributed by atoms with Crippen LogP contribution in [0, 0.1) is 12.6 Å². The van der Waals surface area contributed by atoms with Gasteiger partial charge < -0.3 is 0 Å². The second-order valence-corrected chi connectivity index (χ2v) is 1.90. The quantitative estimate of drug-likeness (QED) is 0.515. The van der Waals surface area contributed by atoms with Gasteiger partial charge in [-0.3, -0.25) is 0 Å². The third kappa shape index (κ3) is 3.77. The van der Waals surface area contributed by atoms with Crippen molar-refractivity contribution in [3.8, 4) is 0 Å². The molecule has 1 radical (unpaired) electrons. The van der Waals surface area contributed by atoms with Crippen molar-refractivity contribution in [3.63, 3.8) is 0 Å². The van der Waals surface area contributed by atoms with Crippen LogP contribution >= 0.6 is 0 Å². The lowest BCUT2D eigenvalue weighted by atomic mass is 10.1. The molecule has 0 aliphatic heterocycles. The van der Waals surface area contributed by atoms with Crippen LogP contribution < -0.4 is 0 Å². The maximum absolute atomic E-state index is 11.3. The van der Waals surface area contributed by atoms with Crippen LogP contribution in [0.4, 0.5) is 4.39 Å². The molecule has 0 fully saturated rings. The summed E-state index contributed by atoms with van der Waals surface area (Å²) in [5, 5.41) is 0. The lowest BCUT2D eigenvalue weighted by molar-refractivity contribution is 0.469. The second-order valence-electron chi connectivity index (χ2n) is 1.90. The molecule has 1 atom stereocenters. The molecule has 0 aliphatic carbocycles. The Morgan fingerprint density at radius 2 is 2.29 bits per heavy atom. The predicted octanol–water partition coefficient (Wildman–Crippen LogP) is 2.55. The highest BCUT2D eigenvalue weighted by Crippen LogP contribution is 2.07. The summed E-state index contributed by atoms with van der Waals surface area (Å²) in [6, 6.07) is 0. The smallest absolute Gasteiger partial charge is 0.131 e. The molecule has 0 nitrogen and oxygen atoms in total. The maximum atomic E-state index is 11.3. The van der Waals surface area contributed by atoms with E-state index in [4.69, 9.17) is 0 Å². The van der Waals surface area contributed by atoms with Crippen molar-refractivity contribution < 1.29 is 4.39 Å². The van der Waals surface area contributed by atoms with Crippen LogP contribution in [0.5, 0.6) is 0 Å². The highest BCUT2D eigenvalue weighted by atomic mass is 19.1. The first-order chi connectivity index (χ1) is 3.31. The molecule has 43 valence electrons. The van der Waals surface area contributed by atoms with E-state index < -0.39 is 0 Å². The molecular formula is C6H12F. The molecule has 0 aromatic carbocycles. The van der Waals surface area contributed by atoms with Crippen LogP contribution in [0.2, 0.25) is 0 Å². The maximum Gasteiger partial charge on any atom is 0.131 e. The van der Waals surface area contributed by atoms with Crippen LogP contribution in [-0.2, 0) is 0 Å². The summed E-state index contributed by atoms with van der Waals surface area (Å²) in [5.41, 5.74) is 0. The molecule has 0 N–H and O–H groups in total. The predicted molar refractivity (Wildman–Crippen MR) is 29.5 cm³/mol.